The quantitative estimate of drug-likeness (QED) is 0.738. The van der Waals surface area contributed by atoms with Gasteiger partial charge in [-0.15, -0.1) is 0 Å². The fourth-order valence-electron chi connectivity index (χ4n) is 2.28. The van der Waals surface area contributed by atoms with Crippen LogP contribution >= 0.6 is 0 Å². The highest BCUT2D eigenvalue weighted by Gasteiger charge is 2.21. The van der Waals surface area contributed by atoms with Crippen molar-refractivity contribution in [1.82, 2.24) is 23.9 Å². The van der Waals surface area contributed by atoms with Crippen LogP contribution < -0.4 is 5.32 Å². The first-order chi connectivity index (χ1) is 11.3. The molecule has 1 N–H and O–H groups in total. The maximum atomic E-state index is 12.2. The number of ether oxygens (including phenoxy) is 1. The van der Waals surface area contributed by atoms with Crippen molar-refractivity contribution in [2.24, 2.45) is 7.05 Å². The smallest absolute Gasteiger partial charge is 0.357 e. The van der Waals surface area contributed by atoms with E-state index in [0.29, 0.717) is 18.0 Å². The molecule has 0 saturated heterocycles. The van der Waals surface area contributed by atoms with E-state index < -0.39 is 5.60 Å². The third kappa shape index (κ3) is 3.22. The SMILES string of the molecule is Cn1c(C(=O)OC(C)(C)C)cnc1CNc1ccnc2nccn12. The Hall–Kier alpha value is -2.90. The van der Waals surface area contributed by atoms with Gasteiger partial charge < -0.3 is 14.6 Å². The molecule has 0 bridgehead atoms. The molecule has 0 aromatic carbocycles. The molecule has 3 aromatic rings. The van der Waals surface area contributed by atoms with Gasteiger partial charge in [0, 0.05) is 25.6 Å². The van der Waals surface area contributed by atoms with E-state index in [-0.39, 0.29) is 5.97 Å². The second kappa shape index (κ2) is 5.95. The predicted octanol–water partition coefficient (Wildman–Crippen LogP) is 2.03. The van der Waals surface area contributed by atoms with E-state index in [2.05, 4.69) is 20.3 Å². The number of rotatable bonds is 4. The lowest BCUT2D eigenvalue weighted by Crippen LogP contribution is -2.25. The third-order valence-electron chi connectivity index (χ3n) is 3.42. The lowest BCUT2D eigenvalue weighted by Gasteiger charge is -2.19. The van der Waals surface area contributed by atoms with E-state index in [1.54, 1.807) is 24.0 Å². The Morgan fingerprint density at radius 1 is 1.25 bits per heavy atom. The molecule has 3 aromatic heterocycles. The van der Waals surface area contributed by atoms with Crippen LogP contribution in [0.5, 0.6) is 0 Å². The largest absolute Gasteiger partial charge is 0.455 e. The van der Waals surface area contributed by atoms with Crippen LogP contribution in [-0.4, -0.2) is 35.5 Å². The average molecular weight is 328 g/mol. The summed E-state index contributed by atoms with van der Waals surface area (Å²) in [6.07, 6.45) is 6.74. The van der Waals surface area contributed by atoms with Crippen LogP contribution in [0.15, 0.2) is 30.9 Å². The second-order valence-electron chi connectivity index (χ2n) is 6.40. The Morgan fingerprint density at radius 2 is 2.00 bits per heavy atom. The molecule has 8 heteroatoms. The maximum absolute atomic E-state index is 12.2. The number of esters is 1. The Balaban J connectivity index is 1.75. The second-order valence-corrected chi connectivity index (χ2v) is 6.40. The number of fused-ring (bicyclic) bond motifs is 1. The summed E-state index contributed by atoms with van der Waals surface area (Å²) in [5.74, 6) is 1.80. The number of aromatic nitrogens is 5. The highest BCUT2D eigenvalue weighted by molar-refractivity contribution is 5.87. The molecular weight excluding hydrogens is 308 g/mol. The first kappa shape index (κ1) is 16.0. The summed E-state index contributed by atoms with van der Waals surface area (Å²) in [7, 11) is 1.79. The van der Waals surface area contributed by atoms with Gasteiger partial charge in [-0.1, -0.05) is 0 Å². The number of carbonyl (C=O) groups excluding carboxylic acids is 1. The van der Waals surface area contributed by atoms with E-state index in [1.165, 1.54) is 6.20 Å². The molecule has 0 aliphatic heterocycles. The van der Waals surface area contributed by atoms with E-state index in [4.69, 9.17) is 4.74 Å². The van der Waals surface area contributed by atoms with Gasteiger partial charge in [-0.3, -0.25) is 4.40 Å². The van der Waals surface area contributed by atoms with Crippen molar-refractivity contribution in [3.63, 3.8) is 0 Å². The molecule has 0 fully saturated rings. The Morgan fingerprint density at radius 3 is 2.75 bits per heavy atom. The normalized spacial score (nSPS) is 11.7. The topological polar surface area (TPSA) is 86.3 Å². The minimum Gasteiger partial charge on any atom is -0.455 e. The summed E-state index contributed by atoms with van der Waals surface area (Å²) < 4.78 is 8.96. The van der Waals surface area contributed by atoms with Crippen LogP contribution in [0.1, 0.15) is 37.1 Å². The molecule has 0 aliphatic rings. The fraction of sp³-hybridized carbons (Fsp3) is 0.375. The van der Waals surface area contributed by atoms with Gasteiger partial charge in [0.15, 0.2) is 0 Å². The fourth-order valence-corrected chi connectivity index (χ4v) is 2.28. The molecule has 0 aliphatic carbocycles. The van der Waals surface area contributed by atoms with Crippen LogP contribution in [0.25, 0.3) is 5.78 Å². The molecule has 0 amide bonds. The van der Waals surface area contributed by atoms with Crippen molar-refractivity contribution in [1.29, 1.82) is 0 Å². The van der Waals surface area contributed by atoms with Crippen LogP contribution in [0.2, 0.25) is 0 Å². The third-order valence-corrected chi connectivity index (χ3v) is 3.42. The van der Waals surface area contributed by atoms with Gasteiger partial charge in [0.05, 0.1) is 12.7 Å². The van der Waals surface area contributed by atoms with Gasteiger partial charge in [0.2, 0.25) is 5.78 Å². The molecule has 24 heavy (non-hydrogen) atoms. The zero-order valence-electron chi connectivity index (χ0n) is 14.1. The van der Waals surface area contributed by atoms with Crippen molar-refractivity contribution in [3.05, 3.63) is 42.4 Å². The number of hydrogen-bond acceptors (Lipinski definition) is 6. The van der Waals surface area contributed by atoms with Gasteiger partial charge in [0.25, 0.3) is 0 Å². The van der Waals surface area contributed by atoms with Crippen molar-refractivity contribution < 1.29 is 9.53 Å². The molecule has 0 radical (unpaired) electrons. The van der Waals surface area contributed by atoms with E-state index in [9.17, 15) is 4.79 Å². The number of nitrogens with zero attached hydrogens (tertiary/aromatic N) is 5. The molecule has 0 atom stereocenters. The summed E-state index contributed by atoms with van der Waals surface area (Å²) in [6, 6.07) is 1.85. The lowest BCUT2D eigenvalue weighted by molar-refractivity contribution is 0.00586. The summed E-state index contributed by atoms with van der Waals surface area (Å²) in [6.45, 7) is 5.97. The highest BCUT2D eigenvalue weighted by Crippen LogP contribution is 2.14. The standard InChI is InChI=1S/C16H20N6O2/c1-16(2,3)24-14(23)11-9-19-13(21(11)4)10-20-12-5-6-17-15-18-7-8-22(12)15/h5-9,20H,10H2,1-4H3. The Labute approximate surface area is 139 Å². The molecule has 3 heterocycles. The first-order valence-electron chi connectivity index (χ1n) is 7.61. The van der Waals surface area contributed by atoms with Crippen LogP contribution in [0, 0.1) is 0 Å². The van der Waals surface area contributed by atoms with E-state index >= 15 is 0 Å². The maximum Gasteiger partial charge on any atom is 0.357 e. The number of imidazole rings is 2. The number of nitrogens with one attached hydrogen (secondary N) is 1. The van der Waals surface area contributed by atoms with Crippen molar-refractivity contribution in [2.75, 3.05) is 5.32 Å². The summed E-state index contributed by atoms with van der Waals surface area (Å²) >= 11 is 0. The van der Waals surface area contributed by atoms with Gasteiger partial charge in [-0.05, 0) is 26.8 Å². The minimum atomic E-state index is -0.538. The first-order valence-corrected chi connectivity index (χ1v) is 7.61. The zero-order valence-corrected chi connectivity index (χ0v) is 14.1. The van der Waals surface area contributed by atoms with Crippen LogP contribution in [0.3, 0.4) is 0 Å². The molecular formula is C16H20N6O2. The molecule has 3 rings (SSSR count). The summed E-state index contributed by atoms with van der Waals surface area (Å²) in [5.41, 5.74) is -0.117. The predicted molar refractivity (Wildman–Crippen MR) is 88.7 cm³/mol. The molecule has 0 spiro atoms. The minimum absolute atomic E-state index is 0.385. The van der Waals surface area contributed by atoms with Gasteiger partial charge >= 0.3 is 5.97 Å². The van der Waals surface area contributed by atoms with Crippen molar-refractivity contribution >= 4 is 17.6 Å². The van der Waals surface area contributed by atoms with E-state index in [1.807, 2.05) is 37.4 Å². The van der Waals surface area contributed by atoms with Crippen molar-refractivity contribution in [3.8, 4) is 0 Å². The highest BCUT2D eigenvalue weighted by atomic mass is 16.6. The molecule has 8 nitrogen and oxygen atoms in total. The zero-order chi connectivity index (χ0) is 17.3. The molecule has 0 saturated carbocycles. The lowest BCUT2D eigenvalue weighted by atomic mass is 10.2. The summed E-state index contributed by atoms with van der Waals surface area (Å²) in [5, 5.41) is 3.28. The molecule has 0 unspecified atom stereocenters. The van der Waals surface area contributed by atoms with Crippen molar-refractivity contribution in [2.45, 2.75) is 32.9 Å². The number of carbonyl (C=O) groups is 1. The Bertz CT molecular complexity index is 874. The average Bonchev–Trinajstić information content (AvgIpc) is 3.10. The number of hydrogen-bond donors (Lipinski definition) is 1. The Kier molecular flexibility index (Phi) is 3.96. The van der Waals surface area contributed by atoms with Gasteiger partial charge in [0.1, 0.15) is 22.9 Å². The summed E-state index contributed by atoms with van der Waals surface area (Å²) in [4.78, 5) is 24.8. The van der Waals surface area contributed by atoms with Crippen LogP contribution in [0.4, 0.5) is 5.82 Å². The van der Waals surface area contributed by atoms with Gasteiger partial charge in [-0.2, -0.15) is 0 Å². The monoisotopic (exact) mass is 328 g/mol. The molecule has 126 valence electrons. The van der Waals surface area contributed by atoms with Crippen LogP contribution in [-0.2, 0) is 18.3 Å². The number of anilines is 1. The van der Waals surface area contributed by atoms with Gasteiger partial charge in [-0.25, -0.2) is 19.7 Å². The van der Waals surface area contributed by atoms with E-state index in [0.717, 1.165) is 11.6 Å².